The predicted octanol–water partition coefficient (Wildman–Crippen LogP) is 7.49. The lowest BCUT2D eigenvalue weighted by Crippen LogP contribution is -2.43. The topological polar surface area (TPSA) is 99.0 Å². The van der Waals surface area contributed by atoms with Crippen molar-refractivity contribution in [2.24, 2.45) is 10.8 Å². The van der Waals surface area contributed by atoms with Gasteiger partial charge in [-0.1, -0.05) is 27.7 Å². The minimum Gasteiger partial charge on any atom is -0.490 e. The number of nitro benzene ring substituents is 1. The molecule has 9 heteroatoms. The average Bonchev–Trinajstić information content (AvgIpc) is 2.88. The quantitative estimate of drug-likeness (QED) is 0.169. The van der Waals surface area contributed by atoms with E-state index in [0.29, 0.717) is 30.9 Å². The van der Waals surface area contributed by atoms with E-state index in [1.807, 2.05) is 26.1 Å². The Kier molecular flexibility index (Phi) is 8.02. The summed E-state index contributed by atoms with van der Waals surface area (Å²) in [5, 5.41) is 11.0. The molecule has 1 heterocycles. The first kappa shape index (κ1) is 30.3. The van der Waals surface area contributed by atoms with Gasteiger partial charge in [-0.05, 0) is 88.6 Å². The number of carbonyl (C=O) groups excluding carboxylic acids is 2. The predicted molar refractivity (Wildman–Crippen MR) is 168 cm³/mol. The van der Waals surface area contributed by atoms with Crippen molar-refractivity contribution in [1.82, 2.24) is 4.90 Å². The molecule has 5 rings (SSSR count). The van der Waals surface area contributed by atoms with Gasteiger partial charge in [-0.15, -0.1) is 0 Å². The molecule has 2 aliphatic carbocycles. The van der Waals surface area contributed by atoms with E-state index < -0.39 is 10.8 Å². The highest BCUT2D eigenvalue weighted by atomic mass is 127. The number of non-ortho nitro benzene ring substituents is 1. The molecule has 222 valence electrons. The Morgan fingerprint density at radius 2 is 1.48 bits per heavy atom. The number of ketones is 2. The van der Waals surface area contributed by atoms with Crippen LogP contribution in [0.25, 0.3) is 0 Å². The van der Waals surface area contributed by atoms with Gasteiger partial charge in [-0.3, -0.25) is 19.7 Å². The molecule has 8 nitrogen and oxygen atoms in total. The minimum atomic E-state index is -0.463. The Morgan fingerprint density at radius 3 is 1.98 bits per heavy atom. The second kappa shape index (κ2) is 11.1. The number of hydrogen-bond acceptors (Lipinski definition) is 7. The molecule has 0 radical (unpaired) electrons. The smallest absolute Gasteiger partial charge is 0.269 e. The lowest BCUT2D eigenvalue weighted by Gasteiger charge is -2.48. The molecule has 0 atom stereocenters. The summed E-state index contributed by atoms with van der Waals surface area (Å²) in [6.45, 7) is 11.0. The van der Waals surface area contributed by atoms with E-state index in [1.54, 1.807) is 12.1 Å². The molecule has 0 saturated carbocycles. The van der Waals surface area contributed by atoms with Crippen LogP contribution < -0.4 is 9.47 Å². The van der Waals surface area contributed by atoms with Crippen LogP contribution in [0.1, 0.15) is 77.3 Å². The largest absolute Gasteiger partial charge is 0.490 e. The highest BCUT2D eigenvalue weighted by molar-refractivity contribution is 14.1. The Balaban J connectivity index is 1.60. The zero-order chi connectivity index (χ0) is 30.6. The number of nitrogens with zero attached hydrogens (tertiary/aromatic N) is 2. The van der Waals surface area contributed by atoms with Gasteiger partial charge in [-0.25, -0.2) is 0 Å². The van der Waals surface area contributed by atoms with E-state index in [2.05, 4.69) is 55.2 Å². The van der Waals surface area contributed by atoms with Crippen molar-refractivity contribution in [3.63, 3.8) is 0 Å². The maximum absolute atomic E-state index is 13.9. The second-order valence-corrected chi connectivity index (χ2v) is 14.2. The maximum Gasteiger partial charge on any atom is 0.269 e. The standard InChI is InChI=1S/C33H37IN2O6/c1-7-41-27-13-20(12-22(34)31(27)42-18-19-8-10-21(11-9-19)36(39)40)28-29-23(14-32(2,3)16-25(29)37)35(6)24-15-33(4,5)17-26(38)30(24)28/h8-13,28H,7,14-18H2,1-6H3. The Labute approximate surface area is 260 Å². The van der Waals surface area contributed by atoms with Crippen molar-refractivity contribution in [3.8, 4) is 11.5 Å². The third kappa shape index (κ3) is 5.72. The first-order valence-electron chi connectivity index (χ1n) is 14.3. The fourth-order valence-corrected chi connectivity index (χ4v) is 7.31. The average molecular weight is 685 g/mol. The Morgan fingerprint density at radius 1 is 0.929 bits per heavy atom. The first-order chi connectivity index (χ1) is 19.7. The monoisotopic (exact) mass is 684 g/mol. The van der Waals surface area contributed by atoms with Gasteiger partial charge >= 0.3 is 0 Å². The molecule has 0 spiro atoms. The number of hydrogen-bond donors (Lipinski definition) is 0. The van der Waals surface area contributed by atoms with E-state index >= 15 is 0 Å². The van der Waals surface area contributed by atoms with Gasteiger partial charge in [0, 0.05) is 60.5 Å². The summed E-state index contributed by atoms with van der Waals surface area (Å²) in [5.41, 5.74) is 4.79. The molecule has 0 aromatic heterocycles. The molecule has 42 heavy (non-hydrogen) atoms. The van der Waals surface area contributed by atoms with Crippen LogP contribution >= 0.6 is 22.6 Å². The summed E-state index contributed by atoms with van der Waals surface area (Å²) in [4.78, 5) is 40.4. The van der Waals surface area contributed by atoms with Crippen molar-refractivity contribution in [3.05, 3.63) is 83.7 Å². The van der Waals surface area contributed by atoms with Gasteiger partial charge in [-0.2, -0.15) is 0 Å². The van der Waals surface area contributed by atoms with E-state index in [-0.39, 0.29) is 34.7 Å². The maximum atomic E-state index is 13.9. The molecule has 3 aliphatic rings. The van der Waals surface area contributed by atoms with E-state index in [0.717, 1.165) is 50.1 Å². The van der Waals surface area contributed by atoms with Crippen LogP contribution in [0.3, 0.4) is 0 Å². The number of Topliss-reactive ketones (excluding diaryl/α,β-unsaturated/α-hetero) is 2. The lowest BCUT2D eigenvalue weighted by molar-refractivity contribution is -0.384. The number of halogens is 1. The van der Waals surface area contributed by atoms with Crippen molar-refractivity contribution in [2.75, 3.05) is 13.7 Å². The zero-order valence-electron chi connectivity index (χ0n) is 25.0. The van der Waals surface area contributed by atoms with E-state index in [9.17, 15) is 19.7 Å². The van der Waals surface area contributed by atoms with Crippen LogP contribution in [-0.4, -0.2) is 35.0 Å². The van der Waals surface area contributed by atoms with Gasteiger partial charge in [0.25, 0.3) is 5.69 Å². The summed E-state index contributed by atoms with van der Waals surface area (Å²) >= 11 is 2.22. The van der Waals surface area contributed by atoms with Crippen LogP contribution in [0.15, 0.2) is 58.9 Å². The number of benzene rings is 2. The van der Waals surface area contributed by atoms with Crippen molar-refractivity contribution in [2.45, 2.75) is 72.8 Å². The van der Waals surface area contributed by atoms with Crippen LogP contribution in [0, 0.1) is 24.5 Å². The van der Waals surface area contributed by atoms with Crippen molar-refractivity contribution in [1.29, 1.82) is 0 Å². The molecule has 0 bridgehead atoms. The first-order valence-corrected chi connectivity index (χ1v) is 15.4. The van der Waals surface area contributed by atoms with Gasteiger partial charge < -0.3 is 14.4 Å². The lowest BCUT2D eigenvalue weighted by atomic mass is 9.64. The molecular weight excluding hydrogens is 647 g/mol. The van der Waals surface area contributed by atoms with Gasteiger partial charge in [0.15, 0.2) is 23.1 Å². The summed E-state index contributed by atoms with van der Waals surface area (Å²) in [7, 11) is 2.01. The van der Waals surface area contributed by atoms with Gasteiger partial charge in [0.2, 0.25) is 0 Å². The molecule has 0 unspecified atom stereocenters. The second-order valence-electron chi connectivity index (χ2n) is 13.1. The van der Waals surface area contributed by atoms with Crippen LogP contribution in [0.2, 0.25) is 0 Å². The number of nitro groups is 1. The summed E-state index contributed by atoms with van der Waals surface area (Å²) < 4.78 is 13.1. The van der Waals surface area contributed by atoms with Gasteiger partial charge in [0.1, 0.15) is 6.61 Å². The number of ether oxygens (including phenoxy) is 2. The molecule has 1 aliphatic heterocycles. The van der Waals surface area contributed by atoms with E-state index in [1.165, 1.54) is 12.1 Å². The molecule has 2 aromatic carbocycles. The number of allylic oxidation sites excluding steroid dienone is 4. The number of rotatable bonds is 7. The van der Waals surface area contributed by atoms with Gasteiger partial charge in [0.05, 0.1) is 15.1 Å². The molecule has 0 N–H and O–H groups in total. The third-order valence-electron chi connectivity index (χ3n) is 8.38. The zero-order valence-corrected chi connectivity index (χ0v) is 27.2. The minimum absolute atomic E-state index is 0.0226. The van der Waals surface area contributed by atoms with E-state index in [4.69, 9.17) is 9.47 Å². The van der Waals surface area contributed by atoms with Crippen molar-refractivity contribution < 1.29 is 24.0 Å². The van der Waals surface area contributed by atoms with Crippen LogP contribution in [0.4, 0.5) is 5.69 Å². The molecule has 0 amide bonds. The van der Waals surface area contributed by atoms with Crippen LogP contribution in [0.5, 0.6) is 11.5 Å². The molecular formula is C33H37IN2O6. The number of carbonyl (C=O) groups is 2. The highest BCUT2D eigenvalue weighted by Gasteiger charge is 2.48. The SMILES string of the molecule is CCOc1cc(C2C3=C(CC(C)(C)CC3=O)N(C)C3=C2C(=O)CC(C)(C)C3)cc(I)c1OCc1ccc([N+](=O)[O-])cc1. The fraction of sp³-hybridized carbons (Fsp3) is 0.455. The summed E-state index contributed by atoms with van der Waals surface area (Å²) in [5.74, 6) is 0.817. The summed E-state index contributed by atoms with van der Waals surface area (Å²) in [6, 6.07) is 10.2. The molecule has 0 saturated heterocycles. The van der Waals surface area contributed by atoms with Crippen molar-refractivity contribution >= 4 is 39.8 Å². The normalized spacial score (nSPS) is 19.9. The molecule has 0 fully saturated rings. The van der Waals surface area contributed by atoms with Crippen LogP contribution in [-0.2, 0) is 16.2 Å². The Bertz CT molecular complexity index is 1480. The fourth-order valence-electron chi connectivity index (χ4n) is 6.52. The Hall–Kier alpha value is -3.21. The summed E-state index contributed by atoms with van der Waals surface area (Å²) in [6.07, 6.45) is 2.39. The molecule has 2 aromatic rings. The third-order valence-corrected chi connectivity index (χ3v) is 9.18. The highest BCUT2D eigenvalue weighted by Crippen LogP contribution is 2.54.